The van der Waals surface area contributed by atoms with Crippen molar-refractivity contribution in [2.75, 3.05) is 13.2 Å². The molecule has 7 heteroatoms. The average molecular weight is 287 g/mol. The van der Waals surface area contributed by atoms with E-state index >= 15 is 0 Å². The van der Waals surface area contributed by atoms with Crippen LogP contribution in [-0.4, -0.2) is 52.8 Å². The molecule has 1 saturated heterocycles. The lowest BCUT2D eigenvalue weighted by Crippen LogP contribution is -2.47. The molecule has 1 fully saturated rings. The maximum Gasteiger partial charge on any atom is 0.411 e. The first kappa shape index (κ1) is 16.3. The van der Waals surface area contributed by atoms with Crippen molar-refractivity contribution >= 4 is 18.0 Å². The molecule has 0 aromatic carbocycles. The Morgan fingerprint density at radius 1 is 1.30 bits per heavy atom. The third-order valence-corrected chi connectivity index (χ3v) is 2.87. The molecule has 0 aliphatic carbocycles. The van der Waals surface area contributed by atoms with E-state index in [2.05, 4.69) is 0 Å². The highest BCUT2D eigenvalue weighted by Gasteiger charge is 2.47. The van der Waals surface area contributed by atoms with E-state index in [0.29, 0.717) is 0 Å². The van der Waals surface area contributed by atoms with Crippen molar-refractivity contribution in [2.45, 2.75) is 45.8 Å². The standard InChI is InChI=1S/C13H21NO6/c1-5-19-11(17)8-6-7-14(9(8)10(15)16)12(18)20-13(2,3)4/h8-9H,5-7H2,1-4H3,(H,15,16)/t8-,9-/m0/s1. The van der Waals surface area contributed by atoms with Crippen LogP contribution in [-0.2, 0) is 19.1 Å². The van der Waals surface area contributed by atoms with Crippen LogP contribution in [0.2, 0.25) is 0 Å². The van der Waals surface area contributed by atoms with Crippen LogP contribution in [0.25, 0.3) is 0 Å². The molecule has 0 radical (unpaired) electrons. The molecule has 114 valence electrons. The minimum Gasteiger partial charge on any atom is -0.480 e. The predicted octanol–water partition coefficient (Wildman–Crippen LogP) is 1.26. The molecular weight excluding hydrogens is 266 g/mol. The van der Waals surface area contributed by atoms with Crippen molar-refractivity contribution in [1.29, 1.82) is 0 Å². The van der Waals surface area contributed by atoms with E-state index in [1.165, 1.54) is 0 Å². The van der Waals surface area contributed by atoms with Crippen molar-refractivity contribution in [3.05, 3.63) is 0 Å². The summed E-state index contributed by atoms with van der Waals surface area (Å²) in [5.41, 5.74) is -0.720. The van der Waals surface area contributed by atoms with Crippen LogP contribution in [0.3, 0.4) is 0 Å². The SMILES string of the molecule is CCOC(=O)[C@H]1CCN(C(=O)OC(C)(C)C)[C@@H]1C(=O)O. The summed E-state index contributed by atoms with van der Waals surface area (Å²) < 4.78 is 10.0. The number of hydrogen-bond acceptors (Lipinski definition) is 5. The molecule has 0 aromatic rings. The number of amides is 1. The van der Waals surface area contributed by atoms with E-state index in [4.69, 9.17) is 9.47 Å². The fourth-order valence-electron chi connectivity index (χ4n) is 2.12. The Morgan fingerprint density at radius 2 is 1.90 bits per heavy atom. The Morgan fingerprint density at radius 3 is 2.35 bits per heavy atom. The molecule has 20 heavy (non-hydrogen) atoms. The third-order valence-electron chi connectivity index (χ3n) is 2.87. The lowest BCUT2D eigenvalue weighted by Gasteiger charge is -2.27. The highest BCUT2D eigenvalue weighted by molar-refractivity contribution is 5.88. The van der Waals surface area contributed by atoms with Gasteiger partial charge in [0.15, 0.2) is 0 Å². The fraction of sp³-hybridized carbons (Fsp3) is 0.769. The Hall–Kier alpha value is -1.79. The van der Waals surface area contributed by atoms with Gasteiger partial charge in [0, 0.05) is 6.54 Å². The van der Waals surface area contributed by atoms with Gasteiger partial charge in [-0.1, -0.05) is 0 Å². The maximum atomic E-state index is 12.0. The van der Waals surface area contributed by atoms with Crippen LogP contribution in [0.4, 0.5) is 4.79 Å². The van der Waals surface area contributed by atoms with Gasteiger partial charge < -0.3 is 14.6 Å². The van der Waals surface area contributed by atoms with Crippen molar-refractivity contribution in [2.24, 2.45) is 5.92 Å². The fourth-order valence-corrected chi connectivity index (χ4v) is 2.12. The summed E-state index contributed by atoms with van der Waals surface area (Å²) in [6, 6.07) is -1.23. The number of likely N-dealkylation sites (tertiary alicyclic amines) is 1. The normalized spacial score (nSPS) is 22.5. The van der Waals surface area contributed by atoms with Crippen LogP contribution >= 0.6 is 0 Å². The van der Waals surface area contributed by atoms with E-state index < -0.39 is 35.6 Å². The molecule has 1 aliphatic heterocycles. The largest absolute Gasteiger partial charge is 0.480 e. The smallest absolute Gasteiger partial charge is 0.411 e. The monoisotopic (exact) mass is 287 g/mol. The van der Waals surface area contributed by atoms with Crippen LogP contribution in [0.15, 0.2) is 0 Å². The molecule has 1 N–H and O–H groups in total. The minimum atomic E-state index is -1.23. The quantitative estimate of drug-likeness (QED) is 0.785. The molecular formula is C13H21NO6. The topological polar surface area (TPSA) is 93.1 Å². The number of carboxylic acid groups (broad SMARTS) is 1. The number of carboxylic acids is 1. The van der Waals surface area contributed by atoms with Crippen LogP contribution in [0, 0.1) is 5.92 Å². The lowest BCUT2D eigenvalue weighted by atomic mass is 10.0. The van der Waals surface area contributed by atoms with Crippen molar-refractivity contribution < 1.29 is 29.0 Å². The Labute approximate surface area is 117 Å². The molecule has 1 aliphatic rings. The van der Waals surface area contributed by atoms with Crippen LogP contribution in [0.5, 0.6) is 0 Å². The molecule has 0 unspecified atom stereocenters. The van der Waals surface area contributed by atoms with Crippen molar-refractivity contribution in [3.8, 4) is 0 Å². The summed E-state index contributed by atoms with van der Waals surface area (Å²) in [5.74, 6) is -2.67. The summed E-state index contributed by atoms with van der Waals surface area (Å²) in [4.78, 5) is 36.2. The molecule has 1 amide bonds. The van der Waals surface area contributed by atoms with Gasteiger partial charge in [0.25, 0.3) is 0 Å². The Kier molecular flexibility index (Phi) is 4.97. The van der Waals surface area contributed by atoms with E-state index in [0.717, 1.165) is 4.90 Å². The van der Waals surface area contributed by atoms with E-state index in [1.807, 2.05) is 0 Å². The number of nitrogens with zero attached hydrogens (tertiary/aromatic N) is 1. The highest BCUT2D eigenvalue weighted by atomic mass is 16.6. The number of carbonyl (C=O) groups is 3. The number of esters is 1. The number of hydrogen-bond donors (Lipinski definition) is 1. The predicted molar refractivity (Wildman–Crippen MR) is 69.1 cm³/mol. The van der Waals surface area contributed by atoms with Crippen LogP contribution in [0.1, 0.15) is 34.1 Å². The Bertz CT molecular complexity index is 400. The highest BCUT2D eigenvalue weighted by Crippen LogP contribution is 2.27. The van der Waals surface area contributed by atoms with Crippen molar-refractivity contribution in [1.82, 2.24) is 4.90 Å². The van der Waals surface area contributed by atoms with E-state index in [9.17, 15) is 19.5 Å². The number of aliphatic carboxylic acids is 1. The van der Waals surface area contributed by atoms with Crippen molar-refractivity contribution in [3.63, 3.8) is 0 Å². The molecule has 1 heterocycles. The lowest BCUT2D eigenvalue weighted by molar-refractivity contribution is -0.155. The molecule has 0 saturated carbocycles. The summed E-state index contributed by atoms with van der Waals surface area (Å²) in [5, 5.41) is 9.26. The van der Waals surface area contributed by atoms with Gasteiger partial charge in [0.1, 0.15) is 11.6 Å². The van der Waals surface area contributed by atoms with E-state index in [-0.39, 0.29) is 19.6 Å². The van der Waals surface area contributed by atoms with Gasteiger partial charge in [-0.2, -0.15) is 0 Å². The second-order valence-corrected chi connectivity index (χ2v) is 5.60. The second kappa shape index (κ2) is 6.11. The third kappa shape index (κ3) is 3.85. The number of rotatable bonds is 3. The number of ether oxygens (including phenoxy) is 2. The zero-order valence-corrected chi connectivity index (χ0v) is 12.2. The first-order valence-corrected chi connectivity index (χ1v) is 6.56. The zero-order valence-electron chi connectivity index (χ0n) is 12.2. The van der Waals surface area contributed by atoms with Gasteiger partial charge in [-0.3, -0.25) is 9.69 Å². The molecule has 0 spiro atoms. The minimum absolute atomic E-state index is 0.162. The van der Waals surface area contributed by atoms with E-state index in [1.54, 1.807) is 27.7 Å². The summed E-state index contributed by atoms with van der Waals surface area (Å²) >= 11 is 0. The first-order valence-electron chi connectivity index (χ1n) is 6.56. The van der Waals surface area contributed by atoms with Gasteiger partial charge in [0.05, 0.1) is 12.5 Å². The molecule has 0 aromatic heterocycles. The molecule has 7 nitrogen and oxygen atoms in total. The number of carbonyl (C=O) groups excluding carboxylic acids is 2. The van der Waals surface area contributed by atoms with Gasteiger partial charge in [-0.25, -0.2) is 9.59 Å². The van der Waals surface area contributed by atoms with Crippen LogP contribution < -0.4 is 0 Å². The zero-order chi connectivity index (χ0) is 15.5. The average Bonchev–Trinajstić information content (AvgIpc) is 2.71. The Balaban J connectivity index is 2.86. The van der Waals surface area contributed by atoms with Gasteiger partial charge >= 0.3 is 18.0 Å². The molecule has 0 bridgehead atoms. The molecule has 1 rings (SSSR count). The second-order valence-electron chi connectivity index (χ2n) is 5.60. The summed E-state index contributed by atoms with van der Waals surface area (Å²) in [7, 11) is 0. The van der Waals surface area contributed by atoms with Gasteiger partial charge in [-0.05, 0) is 34.1 Å². The summed E-state index contributed by atoms with van der Waals surface area (Å²) in [6.07, 6.45) is -0.466. The summed E-state index contributed by atoms with van der Waals surface area (Å²) in [6.45, 7) is 7.07. The maximum absolute atomic E-state index is 12.0. The molecule has 2 atom stereocenters. The first-order chi connectivity index (χ1) is 9.17. The van der Waals surface area contributed by atoms with Gasteiger partial charge in [0.2, 0.25) is 0 Å². The van der Waals surface area contributed by atoms with Gasteiger partial charge in [-0.15, -0.1) is 0 Å².